The highest BCUT2D eigenvalue weighted by molar-refractivity contribution is 5.74. The van der Waals surface area contributed by atoms with Crippen molar-refractivity contribution in [2.24, 2.45) is 5.73 Å². The van der Waals surface area contributed by atoms with E-state index in [0.717, 1.165) is 18.3 Å². The number of nitriles is 1. The molecule has 0 unspecified atom stereocenters. The van der Waals surface area contributed by atoms with Crippen LogP contribution in [0.5, 0.6) is 0 Å². The van der Waals surface area contributed by atoms with E-state index >= 15 is 0 Å². The molecule has 0 aliphatic rings. The predicted octanol–water partition coefficient (Wildman–Crippen LogP) is 4.00. The lowest BCUT2D eigenvalue weighted by Gasteiger charge is -2.10. The Balaban J connectivity index is 3.26. The third-order valence-electron chi connectivity index (χ3n) is 2.50. The molecule has 1 rings (SSSR count). The number of alkyl halides is 3. The fourth-order valence-corrected chi connectivity index (χ4v) is 1.59. The molecule has 1 aromatic rings. The lowest BCUT2D eigenvalue weighted by atomic mass is 10.0. The van der Waals surface area contributed by atoms with Crippen LogP contribution in [0.2, 0.25) is 0 Å². The molecule has 0 radical (unpaired) electrons. The fraction of sp³-hybridized carbons (Fsp3) is 0.214. The highest BCUT2D eigenvalue weighted by Crippen LogP contribution is 2.32. The van der Waals surface area contributed by atoms with Crippen molar-refractivity contribution in [2.75, 3.05) is 0 Å². The van der Waals surface area contributed by atoms with Crippen molar-refractivity contribution in [1.82, 2.24) is 0 Å². The van der Waals surface area contributed by atoms with E-state index in [0.29, 0.717) is 12.5 Å². The summed E-state index contributed by atoms with van der Waals surface area (Å²) < 4.78 is 51.6. The van der Waals surface area contributed by atoms with Crippen molar-refractivity contribution in [1.29, 1.82) is 5.26 Å². The molecule has 0 heterocycles. The molecule has 0 spiro atoms. The topological polar surface area (TPSA) is 49.8 Å². The van der Waals surface area contributed by atoms with Crippen LogP contribution in [0.15, 0.2) is 36.6 Å². The molecule has 2 N–H and O–H groups in total. The molecule has 0 aromatic heterocycles. The molecule has 0 fully saturated rings. The molecule has 0 aliphatic carbocycles. The summed E-state index contributed by atoms with van der Waals surface area (Å²) in [5.41, 5.74) is 4.29. The van der Waals surface area contributed by atoms with Crippen molar-refractivity contribution < 1.29 is 17.6 Å². The van der Waals surface area contributed by atoms with E-state index in [4.69, 9.17) is 11.0 Å². The van der Waals surface area contributed by atoms with Crippen LogP contribution in [-0.2, 0) is 6.18 Å². The van der Waals surface area contributed by atoms with Gasteiger partial charge in [0.2, 0.25) is 0 Å². The van der Waals surface area contributed by atoms with Gasteiger partial charge in [0.15, 0.2) is 0 Å². The summed E-state index contributed by atoms with van der Waals surface area (Å²) in [4.78, 5) is 0. The van der Waals surface area contributed by atoms with Gasteiger partial charge < -0.3 is 5.73 Å². The molecule has 0 bridgehead atoms. The van der Waals surface area contributed by atoms with Gasteiger partial charge in [-0.3, -0.25) is 0 Å². The zero-order chi connectivity index (χ0) is 15.2. The average Bonchev–Trinajstić information content (AvgIpc) is 2.37. The number of nitrogens with two attached hydrogens (primary N) is 1. The number of rotatable bonds is 4. The summed E-state index contributed by atoms with van der Waals surface area (Å²) in [6.45, 7) is 0. The van der Waals surface area contributed by atoms with E-state index in [1.165, 1.54) is 12.2 Å². The average molecular weight is 284 g/mol. The van der Waals surface area contributed by atoms with Gasteiger partial charge >= 0.3 is 6.18 Å². The first-order chi connectivity index (χ1) is 9.40. The number of hydrogen-bond acceptors (Lipinski definition) is 2. The molecule has 2 nitrogen and oxygen atoms in total. The monoisotopic (exact) mass is 284 g/mol. The number of unbranched alkanes of at least 4 members (excludes halogenated alkanes) is 1. The van der Waals surface area contributed by atoms with Gasteiger partial charge in [-0.05, 0) is 42.5 Å². The van der Waals surface area contributed by atoms with Crippen LogP contribution in [0.4, 0.5) is 17.6 Å². The first-order valence-corrected chi connectivity index (χ1v) is 5.72. The Morgan fingerprint density at radius 1 is 1.35 bits per heavy atom. The molecule has 106 valence electrons. The predicted molar refractivity (Wildman–Crippen MR) is 67.6 cm³/mol. The lowest BCUT2D eigenvalue weighted by Crippen LogP contribution is -2.06. The fourth-order valence-electron chi connectivity index (χ4n) is 1.59. The van der Waals surface area contributed by atoms with Gasteiger partial charge in [-0.15, -0.1) is 0 Å². The van der Waals surface area contributed by atoms with E-state index < -0.39 is 17.6 Å². The van der Waals surface area contributed by atoms with Crippen LogP contribution < -0.4 is 5.73 Å². The van der Waals surface area contributed by atoms with E-state index in [1.54, 1.807) is 0 Å². The van der Waals surface area contributed by atoms with Gasteiger partial charge in [0.25, 0.3) is 0 Å². The Bertz CT molecular complexity index is 566. The van der Waals surface area contributed by atoms with Crippen molar-refractivity contribution in [3.63, 3.8) is 0 Å². The molecule has 20 heavy (non-hydrogen) atoms. The van der Waals surface area contributed by atoms with E-state index in [-0.39, 0.29) is 17.6 Å². The van der Waals surface area contributed by atoms with Gasteiger partial charge in [0, 0.05) is 12.0 Å². The van der Waals surface area contributed by atoms with Crippen LogP contribution in [-0.4, -0.2) is 0 Å². The van der Waals surface area contributed by atoms with E-state index in [2.05, 4.69) is 0 Å². The molecular weight excluding hydrogens is 272 g/mol. The number of nitrogens with zero attached hydrogens (tertiary/aromatic N) is 1. The third kappa shape index (κ3) is 4.12. The summed E-state index contributed by atoms with van der Waals surface area (Å²) in [5, 5.41) is 8.44. The lowest BCUT2D eigenvalue weighted by molar-refractivity contribution is -0.137. The Labute approximate surface area is 113 Å². The van der Waals surface area contributed by atoms with Gasteiger partial charge in [-0.25, -0.2) is 4.39 Å². The van der Waals surface area contributed by atoms with Crippen LogP contribution in [0.1, 0.15) is 24.0 Å². The summed E-state index contributed by atoms with van der Waals surface area (Å²) in [6, 6.07) is 4.07. The molecule has 0 atom stereocenters. The van der Waals surface area contributed by atoms with Crippen LogP contribution in [0.25, 0.3) is 5.57 Å². The highest BCUT2D eigenvalue weighted by atomic mass is 19.4. The van der Waals surface area contributed by atoms with Crippen LogP contribution >= 0.6 is 0 Å². The van der Waals surface area contributed by atoms with Crippen molar-refractivity contribution >= 4 is 5.57 Å². The SMILES string of the molecule is N#CCCC=C(/C=C\N)c1cc(C(F)(F)F)ccc1F. The summed E-state index contributed by atoms with van der Waals surface area (Å²) >= 11 is 0. The smallest absolute Gasteiger partial charge is 0.405 e. The number of benzene rings is 1. The molecular formula is C14H12F4N2. The standard InChI is InChI=1S/C14H12F4N2/c15-13-5-4-11(14(16,17)18)9-12(13)10(6-8-20)3-1-2-7-19/h3-6,8-9H,1-2,20H2/b8-6-,10-3?. The maximum Gasteiger partial charge on any atom is 0.416 e. The van der Waals surface area contributed by atoms with E-state index in [9.17, 15) is 17.6 Å². The summed E-state index contributed by atoms with van der Waals surface area (Å²) in [7, 11) is 0. The second-order valence-electron chi connectivity index (χ2n) is 3.91. The second-order valence-corrected chi connectivity index (χ2v) is 3.91. The van der Waals surface area contributed by atoms with Gasteiger partial charge in [0.1, 0.15) is 5.82 Å². The van der Waals surface area contributed by atoms with Crippen molar-refractivity contribution in [3.05, 3.63) is 53.5 Å². The van der Waals surface area contributed by atoms with Crippen molar-refractivity contribution in [3.8, 4) is 6.07 Å². The Hall–Kier alpha value is -2.29. The Morgan fingerprint density at radius 3 is 2.60 bits per heavy atom. The molecule has 1 aromatic carbocycles. The van der Waals surface area contributed by atoms with Crippen molar-refractivity contribution in [2.45, 2.75) is 19.0 Å². The van der Waals surface area contributed by atoms with Gasteiger partial charge in [-0.1, -0.05) is 6.08 Å². The normalized spacial score (nSPS) is 12.7. The second kappa shape index (κ2) is 6.75. The molecule has 0 amide bonds. The number of allylic oxidation sites excluding steroid dienone is 3. The minimum absolute atomic E-state index is 0.183. The minimum Gasteiger partial charge on any atom is -0.405 e. The highest BCUT2D eigenvalue weighted by Gasteiger charge is 2.31. The van der Waals surface area contributed by atoms with E-state index in [1.807, 2.05) is 6.07 Å². The zero-order valence-electron chi connectivity index (χ0n) is 10.4. The van der Waals surface area contributed by atoms with Crippen LogP contribution in [0.3, 0.4) is 0 Å². The maximum absolute atomic E-state index is 13.7. The summed E-state index contributed by atoms with van der Waals surface area (Å²) in [6.07, 6.45) is -0.181. The Morgan fingerprint density at radius 2 is 2.05 bits per heavy atom. The molecule has 0 saturated heterocycles. The Kier molecular flexibility index (Phi) is 5.32. The summed E-state index contributed by atoms with van der Waals surface area (Å²) in [5.74, 6) is -0.778. The van der Waals surface area contributed by atoms with Crippen LogP contribution in [0, 0.1) is 17.1 Å². The molecule has 0 aliphatic heterocycles. The first-order valence-electron chi connectivity index (χ1n) is 5.72. The maximum atomic E-state index is 13.7. The zero-order valence-corrected chi connectivity index (χ0v) is 10.4. The quantitative estimate of drug-likeness (QED) is 0.516. The molecule has 0 saturated carbocycles. The largest absolute Gasteiger partial charge is 0.416 e. The minimum atomic E-state index is -4.55. The first kappa shape index (κ1) is 15.8. The third-order valence-corrected chi connectivity index (χ3v) is 2.50. The number of halogens is 4. The number of hydrogen-bond donors (Lipinski definition) is 1. The van der Waals surface area contributed by atoms with Gasteiger partial charge in [-0.2, -0.15) is 18.4 Å². The molecule has 6 heteroatoms. The van der Waals surface area contributed by atoms with Gasteiger partial charge in [0.05, 0.1) is 11.6 Å².